The molecule has 0 fully saturated rings. The minimum Gasteiger partial charge on any atom is -0.492 e. The second-order valence-electron chi connectivity index (χ2n) is 6.23. The van der Waals surface area contributed by atoms with E-state index in [1.54, 1.807) is 0 Å². The molecule has 0 aliphatic heterocycles. The molecule has 1 N–H and O–H groups in total. The Morgan fingerprint density at radius 2 is 2.04 bits per heavy atom. The molecule has 27 heavy (non-hydrogen) atoms. The van der Waals surface area contributed by atoms with Crippen LogP contribution >= 0.6 is 27.3 Å². The monoisotopic (exact) mass is 448 g/mol. The van der Waals surface area contributed by atoms with Crippen LogP contribution in [0.5, 0.6) is 11.5 Å². The molecular formula is C20H21BrN2O3S. The van der Waals surface area contributed by atoms with Crippen LogP contribution in [0.15, 0.2) is 40.9 Å². The van der Waals surface area contributed by atoms with Gasteiger partial charge in [0.15, 0.2) is 11.7 Å². The van der Waals surface area contributed by atoms with Gasteiger partial charge in [0.05, 0.1) is 11.3 Å². The molecule has 3 aromatic rings. The minimum absolute atomic E-state index is 0.0738. The maximum absolute atomic E-state index is 12.3. The highest BCUT2D eigenvalue weighted by Crippen LogP contribution is 2.32. The lowest BCUT2D eigenvalue weighted by Crippen LogP contribution is -2.20. The van der Waals surface area contributed by atoms with Crippen LogP contribution in [0.3, 0.4) is 0 Å². The van der Waals surface area contributed by atoms with Gasteiger partial charge in [-0.2, -0.15) is 0 Å². The lowest BCUT2D eigenvalue weighted by atomic mass is 10.0. The van der Waals surface area contributed by atoms with Gasteiger partial charge in [0.2, 0.25) is 0 Å². The molecule has 0 unspecified atom stereocenters. The highest BCUT2D eigenvalue weighted by molar-refractivity contribution is 9.10. The molecule has 0 saturated heterocycles. The van der Waals surface area contributed by atoms with E-state index in [0.29, 0.717) is 23.4 Å². The Balaban J connectivity index is 1.68. The zero-order valence-corrected chi connectivity index (χ0v) is 17.8. The fourth-order valence-electron chi connectivity index (χ4n) is 2.65. The van der Waals surface area contributed by atoms with E-state index in [4.69, 9.17) is 9.47 Å². The van der Waals surface area contributed by atoms with E-state index >= 15 is 0 Å². The third-order valence-corrected chi connectivity index (χ3v) is 5.31. The van der Waals surface area contributed by atoms with Crippen molar-refractivity contribution in [2.45, 2.75) is 26.7 Å². The van der Waals surface area contributed by atoms with Crippen molar-refractivity contribution in [3.63, 3.8) is 0 Å². The summed E-state index contributed by atoms with van der Waals surface area (Å²) in [5.74, 6) is 1.48. The van der Waals surface area contributed by atoms with Crippen molar-refractivity contribution in [3.8, 4) is 11.5 Å². The van der Waals surface area contributed by atoms with Crippen LogP contribution in [0.1, 0.15) is 32.3 Å². The molecule has 1 amide bonds. The van der Waals surface area contributed by atoms with Crippen molar-refractivity contribution in [1.29, 1.82) is 0 Å². The quantitative estimate of drug-likeness (QED) is 0.510. The molecule has 0 saturated carbocycles. The highest BCUT2D eigenvalue weighted by Gasteiger charge is 2.13. The smallest absolute Gasteiger partial charge is 0.264 e. The van der Waals surface area contributed by atoms with E-state index in [9.17, 15) is 4.79 Å². The number of thiazole rings is 1. The van der Waals surface area contributed by atoms with Crippen LogP contribution in [0, 0.1) is 0 Å². The normalized spacial score (nSPS) is 11.0. The third-order valence-electron chi connectivity index (χ3n) is 3.88. The fourth-order valence-corrected chi connectivity index (χ4v) is 3.93. The number of fused-ring (bicyclic) bond motifs is 1. The number of nitrogens with zero attached hydrogens (tertiary/aromatic N) is 1. The van der Waals surface area contributed by atoms with Gasteiger partial charge in [-0.25, -0.2) is 4.98 Å². The van der Waals surface area contributed by atoms with E-state index < -0.39 is 0 Å². The second kappa shape index (κ2) is 8.71. The number of ether oxygens (including phenoxy) is 2. The molecule has 0 spiro atoms. The third kappa shape index (κ3) is 4.78. The fraction of sp³-hybridized carbons (Fsp3) is 0.300. The molecular weight excluding hydrogens is 428 g/mol. The Labute approximate surface area is 170 Å². The number of halogens is 1. The summed E-state index contributed by atoms with van der Waals surface area (Å²) in [6.45, 7) is 6.60. The number of anilines is 1. The lowest BCUT2D eigenvalue weighted by Gasteiger charge is -2.14. The lowest BCUT2D eigenvalue weighted by molar-refractivity contribution is -0.118. The van der Waals surface area contributed by atoms with Gasteiger partial charge in [-0.3, -0.25) is 10.1 Å². The number of nitrogens with one attached hydrogen (secondary N) is 1. The summed E-state index contributed by atoms with van der Waals surface area (Å²) in [5.41, 5.74) is 1.81. The Kier molecular flexibility index (Phi) is 6.34. The maximum Gasteiger partial charge on any atom is 0.264 e. The van der Waals surface area contributed by atoms with Gasteiger partial charge in [0.1, 0.15) is 17.0 Å². The van der Waals surface area contributed by atoms with Crippen molar-refractivity contribution >= 4 is 48.5 Å². The Morgan fingerprint density at radius 1 is 1.22 bits per heavy atom. The molecule has 2 aromatic carbocycles. The summed E-state index contributed by atoms with van der Waals surface area (Å²) >= 11 is 4.88. The van der Waals surface area contributed by atoms with Gasteiger partial charge < -0.3 is 9.47 Å². The molecule has 0 atom stereocenters. The number of aromatic nitrogens is 1. The standard InChI is InChI=1S/C20H21BrN2O3S/c1-4-25-16-6-5-7-17-19(16)23-20(27-17)22-18(24)11-26-15-9-8-13(21)10-14(15)12(2)3/h5-10,12H,4,11H2,1-3H3,(H,22,23,24). The van der Waals surface area contributed by atoms with Crippen LogP contribution < -0.4 is 14.8 Å². The highest BCUT2D eigenvalue weighted by atomic mass is 79.9. The summed E-state index contributed by atoms with van der Waals surface area (Å²) in [6.07, 6.45) is 0. The first-order valence-electron chi connectivity index (χ1n) is 8.72. The summed E-state index contributed by atoms with van der Waals surface area (Å²) in [4.78, 5) is 16.8. The van der Waals surface area contributed by atoms with Crippen molar-refractivity contribution < 1.29 is 14.3 Å². The number of carbonyl (C=O) groups excluding carboxylic acids is 1. The van der Waals surface area contributed by atoms with Gasteiger partial charge in [-0.1, -0.05) is 47.2 Å². The van der Waals surface area contributed by atoms with E-state index in [1.807, 2.05) is 43.3 Å². The van der Waals surface area contributed by atoms with Crippen molar-refractivity contribution in [1.82, 2.24) is 4.98 Å². The molecule has 0 bridgehead atoms. The number of rotatable bonds is 7. The van der Waals surface area contributed by atoms with E-state index in [0.717, 1.165) is 26.0 Å². The summed E-state index contributed by atoms with van der Waals surface area (Å²) < 4.78 is 13.3. The summed E-state index contributed by atoms with van der Waals surface area (Å²) in [7, 11) is 0. The Hall–Kier alpha value is -2.12. The molecule has 0 radical (unpaired) electrons. The number of carbonyl (C=O) groups is 1. The molecule has 3 rings (SSSR count). The second-order valence-corrected chi connectivity index (χ2v) is 8.17. The number of hydrogen-bond donors (Lipinski definition) is 1. The predicted molar refractivity (Wildman–Crippen MR) is 113 cm³/mol. The average molecular weight is 449 g/mol. The van der Waals surface area contributed by atoms with Crippen molar-refractivity contribution in [3.05, 3.63) is 46.4 Å². The molecule has 142 valence electrons. The van der Waals surface area contributed by atoms with Crippen LogP contribution in [0.25, 0.3) is 10.2 Å². The van der Waals surface area contributed by atoms with Gasteiger partial charge >= 0.3 is 0 Å². The van der Waals surface area contributed by atoms with Crippen LogP contribution in [0.4, 0.5) is 5.13 Å². The minimum atomic E-state index is -0.246. The Bertz CT molecular complexity index is 956. The summed E-state index contributed by atoms with van der Waals surface area (Å²) in [5, 5.41) is 3.34. The first kappa shape index (κ1) is 19.6. The van der Waals surface area contributed by atoms with E-state index in [1.165, 1.54) is 11.3 Å². The van der Waals surface area contributed by atoms with E-state index in [2.05, 4.69) is 40.1 Å². The number of para-hydroxylation sites is 1. The van der Waals surface area contributed by atoms with Crippen molar-refractivity contribution in [2.75, 3.05) is 18.5 Å². The Morgan fingerprint density at radius 3 is 2.78 bits per heavy atom. The number of hydrogen-bond acceptors (Lipinski definition) is 5. The zero-order chi connectivity index (χ0) is 19.4. The molecule has 1 aromatic heterocycles. The number of benzene rings is 2. The van der Waals surface area contributed by atoms with Gasteiger partial charge in [0.25, 0.3) is 5.91 Å². The maximum atomic E-state index is 12.3. The average Bonchev–Trinajstić information content (AvgIpc) is 3.04. The van der Waals surface area contributed by atoms with Crippen molar-refractivity contribution in [2.24, 2.45) is 0 Å². The topological polar surface area (TPSA) is 60.5 Å². The van der Waals surface area contributed by atoms with Gasteiger partial charge in [-0.05, 0) is 48.7 Å². The summed E-state index contributed by atoms with van der Waals surface area (Å²) in [6, 6.07) is 11.5. The van der Waals surface area contributed by atoms with Gasteiger partial charge in [0, 0.05) is 4.47 Å². The molecule has 0 aliphatic rings. The predicted octanol–water partition coefficient (Wildman–Crippen LogP) is 5.60. The van der Waals surface area contributed by atoms with Crippen LogP contribution in [0.2, 0.25) is 0 Å². The number of amides is 1. The molecule has 1 heterocycles. The molecule has 5 nitrogen and oxygen atoms in total. The first-order chi connectivity index (χ1) is 13.0. The first-order valence-corrected chi connectivity index (χ1v) is 10.3. The SMILES string of the molecule is CCOc1cccc2sc(NC(=O)COc3ccc(Br)cc3C(C)C)nc12. The van der Waals surface area contributed by atoms with Crippen LogP contribution in [-0.2, 0) is 4.79 Å². The van der Waals surface area contributed by atoms with Crippen LogP contribution in [-0.4, -0.2) is 24.1 Å². The molecule has 7 heteroatoms. The zero-order valence-electron chi connectivity index (χ0n) is 15.4. The van der Waals surface area contributed by atoms with Gasteiger partial charge in [-0.15, -0.1) is 0 Å². The largest absolute Gasteiger partial charge is 0.492 e. The molecule has 0 aliphatic carbocycles. The van der Waals surface area contributed by atoms with E-state index in [-0.39, 0.29) is 12.5 Å².